The van der Waals surface area contributed by atoms with Crippen molar-refractivity contribution in [2.24, 2.45) is 0 Å². The van der Waals surface area contributed by atoms with E-state index in [4.69, 9.17) is 31.0 Å². The second kappa shape index (κ2) is 3.85. The lowest BCUT2D eigenvalue weighted by molar-refractivity contribution is 0.381. The van der Waals surface area contributed by atoms with E-state index in [1.807, 2.05) is 0 Å². The molecule has 0 aliphatic heterocycles. The third-order valence-corrected chi connectivity index (χ3v) is 3.98. The topological polar surface area (TPSA) is 167 Å². The van der Waals surface area contributed by atoms with Crippen LogP contribution >= 0.6 is 15.2 Å². The molecule has 8 nitrogen and oxygen atoms in total. The lowest BCUT2D eigenvalue weighted by Gasteiger charge is -2.14. The van der Waals surface area contributed by atoms with E-state index < -0.39 is 25.8 Å². The Balaban J connectivity index is 3.66. The fourth-order valence-corrected chi connectivity index (χ4v) is 3.20. The largest absolute Gasteiger partial charge is 0.397 e. The lowest BCUT2D eigenvalue weighted by Crippen LogP contribution is -2.26. The Bertz CT molecular complexity index is 471. The van der Waals surface area contributed by atoms with Gasteiger partial charge in [0.2, 0.25) is 0 Å². The van der Waals surface area contributed by atoms with E-state index in [9.17, 15) is 9.13 Å². The minimum Gasteiger partial charge on any atom is -0.397 e. The molecule has 1 rings (SSSR count). The predicted molar refractivity (Wildman–Crippen MR) is 58.6 cm³/mol. The highest BCUT2D eigenvalue weighted by atomic mass is 31.2. The van der Waals surface area contributed by atoms with Gasteiger partial charge in [-0.2, -0.15) is 0 Å². The molecule has 0 aliphatic rings. The maximum absolute atomic E-state index is 11.0. The van der Waals surface area contributed by atoms with Gasteiger partial charge in [0, 0.05) is 0 Å². The number of nitrogens with two attached hydrogens (primary N) is 2. The molecule has 0 unspecified atom stereocenters. The third-order valence-electron chi connectivity index (χ3n) is 1.81. The molecule has 0 saturated heterocycles. The molecule has 90 valence electrons. The van der Waals surface area contributed by atoms with Crippen LogP contribution in [-0.2, 0) is 9.13 Å². The van der Waals surface area contributed by atoms with Gasteiger partial charge in [-0.25, -0.2) is 0 Å². The summed E-state index contributed by atoms with van der Waals surface area (Å²) in [5, 5.41) is -1.62. The summed E-state index contributed by atoms with van der Waals surface area (Å²) in [5.74, 6) is 0. The van der Waals surface area contributed by atoms with Gasteiger partial charge >= 0.3 is 15.2 Å². The van der Waals surface area contributed by atoms with Crippen molar-refractivity contribution in [2.45, 2.75) is 0 Å². The van der Waals surface area contributed by atoms with Gasteiger partial charge in [0.05, 0.1) is 22.0 Å². The van der Waals surface area contributed by atoms with Crippen LogP contribution in [0.4, 0.5) is 11.4 Å². The van der Waals surface area contributed by atoms with Crippen molar-refractivity contribution in [3.8, 4) is 0 Å². The normalized spacial score (nSPS) is 12.8. The minimum atomic E-state index is -4.83. The summed E-state index contributed by atoms with van der Waals surface area (Å²) in [4.78, 5) is 35.7. The minimum absolute atomic E-state index is 0.157. The molecule has 0 aromatic heterocycles. The van der Waals surface area contributed by atoms with E-state index in [0.29, 0.717) is 0 Å². The van der Waals surface area contributed by atoms with Crippen LogP contribution in [0.25, 0.3) is 0 Å². The van der Waals surface area contributed by atoms with Crippen molar-refractivity contribution >= 4 is 37.2 Å². The molecule has 0 fully saturated rings. The summed E-state index contributed by atoms with van der Waals surface area (Å²) >= 11 is 0. The van der Waals surface area contributed by atoms with Crippen LogP contribution in [0.2, 0.25) is 0 Å². The fourth-order valence-electron chi connectivity index (χ4n) is 1.08. The molecule has 16 heavy (non-hydrogen) atoms. The first-order valence-corrected chi connectivity index (χ1v) is 7.07. The number of nitrogen functional groups attached to an aromatic ring is 2. The molecule has 0 atom stereocenters. The van der Waals surface area contributed by atoms with Crippen molar-refractivity contribution in [2.75, 3.05) is 11.5 Å². The Hall–Kier alpha value is -0.880. The van der Waals surface area contributed by atoms with E-state index in [-0.39, 0.29) is 11.4 Å². The highest BCUT2D eigenvalue weighted by Gasteiger charge is 2.31. The van der Waals surface area contributed by atoms with E-state index in [0.717, 1.165) is 12.1 Å². The molecule has 0 heterocycles. The molecule has 0 amide bonds. The van der Waals surface area contributed by atoms with Crippen LogP contribution in [0.1, 0.15) is 0 Å². The average Bonchev–Trinajstić information content (AvgIpc) is 2.05. The van der Waals surface area contributed by atoms with Gasteiger partial charge in [-0.15, -0.1) is 0 Å². The summed E-state index contributed by atoms with van der Waals surface area (Å²) in [7, 11) is -9.65. The van der Waals surface area contributed by atoms with Crippen LogP contribution in [0.15, 0.2) is 12.1 Å². The SMILES string of the molecule is Nc1cc(P(=O)(O)O)c(P(=O)(O)O)cc1N. The highest BCUT2D eigenvalue weighted by molar-refractivity contribution is 7.67. The quantitative estimate of drug-likeness (QED) is 0.277. The van der Waals surface area contributed by atoms with Crippen LogP contribution in [0.3, 0.4) is 0 Å². The molecular weight excluding hydrogens is 258 g/mol. The zero-order valence-corrected chi connectivity index (χ0v) is 9.60. The molecule has 8 N–H and O–H groups in total. The Morgan fingerprint density at radius 3 is 1.25 bits per heavy atom. The van der Waals surface area contributed by atoms with Gasteiger partial charge in [-0.3, -0.25) is 9.13 Å². The fraction of sp³-hybridized carbons (Fsp3) is 0. The number of benzene rings is 1. The van der Waals surface area contributed by atoms with Gasteiger partial charge in [-0.1, -0.05) is 0 Å². The number of rotatable bonds is 2. The summed E-state index contributed by atoms with van der Waals surface area (Å²) < 4.78 is 22.0. The Morgan fingerprint density at radius 2 is 1.06 bits per heavy atom. The van der Waals surface area contributed by atoms with E-state index >= 15 is 0 Å². The molecule has 0 saturated carbocycles. The smallest absolute Gasteiger partial charge is 0.357 e. The van der Waals surface area contributed by atoms with Gasteiger partial charge in [-0.05, 0) is 12.1 Å². The van der Waals surface area contributed by atoms with E-state index in [2.05, 4.69) is 0 Å². The van der Waals surface area contributed by atoms with Crippen LogP contribution in [-0.4, -0.2) is 19.6 Å². The van der Waals surface area contributed by atoms with Crippen LogP contribution in [0.5, 0.6) is 0 Å². The molecule has 0 radical (unpaired) electrons. The average molecular weight is 268 g/mol. The maximum Gasteiger partial charge on any atom is 0.357 e. The molecular formula is C6H10N2O6P2. The summed E-state index contributed by atoms with van der Waals surface area (Å²) in [6, 6.07) is 1.54. The van der Waals surface area contributed by atoms with Gasteiger partial charge in [0.15, 0.2) is 0 Å². The second-order valence-corrected chi connectivity index (χ2v) is 6.20. The predicted octanol–water partition coefficient (Wildman–Crippen LogP) is -1.54. The summed E-state index contributed by atoms with van der Waals surface area (Å²) in [6.45, 7) is 0. The monoisotopic (exact) mass is 268 g/mol. The lowest BCUT2D eigenvalue weighted by atomic mass is 10.3. The first kappa shape index (κ1) is 13.2. The zero-order valence-electron chi connectivity index (χ0n) is 7.81. The van der Waals surface area contributed by atoms with E-state index in [1.54, 1.807) is 0 Å². The molecule has 10 heteroatoms. The Morgan fingerprint density at radius 1 is 0.812 bits per heavy atom. The molecule has 0 spiro atoms. The maximum atomic E-state index is 11.0. The van der Waals surface area contributed by atoms with Crippen molar-refractivity contribution < 1.29 is 28.7 Å². The number of hydrogen-bond donors (Lipinski definition) is 6. The molecule has 0 aliphatic carbocycles. The summed E-state index contributed by atoms with van der Waals surface area (Å²) in [5.41, 5.74) is 10.3. The van der Waals surface area contributed by atoms with E-state index in [1.165, 1.54) is 0 Å². The summed E-state index contributed by atoms with van der Waals surface area (Å²) in [6.07, 6.45) is 0. The standard InChI is InChI=1S/C6H10N2O6P2/c7-3-1-5(15(9,10)11)6(2-4(3)8)16(12,13)14/h1-2H,7-8H2,(H2,9,10,11)(H2,12,13,14). The molecule has 1 aromatic rings. The Kier molecular flexibility index (Phi) is 3.17. The highest BCUT2D eigenvalue weighted by Crippen LogP contribution is 2.41. The Labute approximate surface area is 90.2 Å². The van der Waals surface area contributed by atoms with Crippen molar-refractivity contribution in [1.29, 1.82) is 0 Å². The van der Waals surface area contributed by atoms with Gasteiger partial charge in [0.25, 0.3) is 0 Å². The van der Waals surface area contributed by atoms with Crippen molar-refractivity contribution in [3.05, 3.63) is 12.1 Å². The molecule has 0 bridgehead atoms. The van der Waals surface area contributed by atoms with Gasteiger partial charge < -0.3 is 31.0 Å². The first-order chi connectivity index (χ1) is 7.03. The van der Waals surface area contributed by atoms with Crippen LogP contribution in [0, 0.1) is 0 Å². The first-order valence-electron chi connectivity index (χ1n) is 3.84. The second-order valence-electron chi connectivity index (χ2n) is 3.06. The van der Waals surface area contributed by atoms with Crippen molar-refractivity contribution in [3.63, 3.8) is 0 Å². The molecule has 1 aromatic carbocycles. The number of hydrogen-bond acceptors (Lipinski definition) is 4. The van der Waals surface area contributed by atoms with Crippen molar-refractivity contribution in [1.82, 2.24) is 0 Å². The van der Waals surface area contributed by atoms with Gasteiger partial charge in [0.1, 0.15) is 0 Å². The third kappa shape index (κ3) is 2.62. The number of anilines is 2. The zero-order chi connectivity index (χ0) is 12.7. The van der Waals surface area contributed by atoms with Crippen LogP contribution < -0.4 is 22.1 Å².